The molecule has 1 saturated heterocycles. The van der Waals surface area contributed by atoms with E-state index in [-0.39, 0.29) is 6.42 Å². The summed E-state index contributed by atoms with van der Waals surface area (Å²) in [6, 6.07) is 5.98. The Morgan fingerprint density at radius 3 is 2.78 bits per heavy atom. The molecule has 1 aliphatic rings. The number of carboxylic acid groups (broad SMARTS) is 1. The fraction of sp³-hybridized carbons (Fsp3) is 0.500. The molecule has 1 fully saturated rings. The Kier molecular flexibility index (Phi) is 4.53. The van der Waals surface area contributed by atoms with Gasteiger partial charge in [0.05, 0.1) is 13.5 Å². The highest BCUT2D eigenvalue weighted by molar-refractivity contribution is 7.99. The van der Waals surface area contributed by atoms with Crippen molar-refractivity contribution in [3.05, 3.63) is 29.3 Å². The molecule has 0 bridgehead atoms. The predicted molar refractivity (Wildman–Crippen MR) is 73.6 cm³/mol. The van der Waals surface area contributed by atoms with Gasteiger partial charge in [0.25, 0.3) is 0 Å². The Morgan fingerprint density at radius 1 is 1.44 bits per heavy atom. The highest BCUT2D eigenvalue weighted by atomic mass is 32.2. The summed E-state index contributed by atoms with van der Waals surface area (Å²) >= 11 is 2.00. The second-order valence-electron chi connectivity index (χ2n) is 4.53. The van der Waals surface area contributed by atoms with Crippen molar-refractivity contribution in [2.75, 3.05) is 18.6 Å². The van der Waals surface area contributed by atoms with Crippen LogP contribution in [0.5, 0.6) is 5.75 Å². The van der Waals surface area contributed by atoms with E-state index in [4.69, 9.17) is 9.84 Å². The molecule has 0 aromatic heterocycles. The number of rotatable bonds is 4. The third-order valence-corrected chi connectivity index (χ3v) is 4.39. The zero-order valence-electron chi connectivity index (χ0n) is 10.5. The summed E-state index contributed by atoms with van der Waals surface area (Å²) in [5.41, 5.74) is 2.04. The maximum Gasteiger partial charge on any atom is 0.307 e. The van der Waals surface area contributed by atoms with E-state index >= 15 is 0 Å². The first-order valence-corrected chi connectivity index (χ1v) is 7.32. The minimum Gasteiger partial charge on any atom is -0.496 e. The molecule has 1 N–H and O–H groups in total. The summed E-state index contributed by atoms with van der Waals surface area (Å²) in [4.78, 5) is 10.9. The van der Waals surface area contributed by atoms with Gasteiger partial charge in [0.1, 0.15) is 5.75 Å². The van der Waals surface area contributed by atoms with Gasteiger partial charge in [-0.3, -0.25) is 4.79 Å². The minimum atomic E-state index is -0.815. The van der Waals surface area contributed by atoms with E-state index in [0.29, 0.717) is 11.7 Å². The molecule has 0 spiro atoms. The quantitative estimate of drug-likeness (QED) is 0.910. The fourth-order valence-electron chi connectivity index (χ4n) is 2.38. The number of ether oxygens (including phenoxy) is 1. The Balaban J connectivity index is 2.23. The summed E-state index contributed by atoms with van der Waals surface area (Å²) in [5.74, 6) is 2.83. The second kappa shape index (κ2) is 6.14. The highest BCUT2D eigenvalue weighted by Gasteiger charge is 2.17. The van der Waals surface area contributed by atoms with Crippen LogP contribution in [0.2, 0.25) is 0 Å². The van der Waals surface area contributed by atoms with Crippen molar-refractivity contribution in [2.45, 2.75) is 25.2 Å². The van der Waals surface area contributed by atoms with E-state index in [1.165, 1.54) is 29.9 Å². The topological polar surface area (TPSA) is 46.5 Å². The molecule has 1 aliphatic heterocycles. The minimum absolute atomic E-state index is 0.0263. The maximum absolute atomic E-state index is 10.9. The molecule has 0 radical (unpaired) electrons. The van der Waals surface area contributed by atoms with Gasteiger partial charge in [0.2, 0.25) is 0 Å². The molecule has 1 aromatic rings. The Morgan fingerprint density at radius 2 is 2.17 bits per heavy atom. The van der Waals surface area contributed by atoms with Crippen LogP contribution < -0.4 is 4.74 Å². The van der Waals surface area contributed by atoms with Crippen molar-refractivity contribution >= 4 is 17.7 Å². The van der Waals surface area contributed by atoms with Crippen molar-refractivity contribution < 1.29 is 14.6 Å². The zero-order valence-corrected chi connectivity index (χ0v) is 11.3. The van der Waals surface area contributed by atoms with Gasteiger partial charge in [0, 0.05) is 5.56 Å². The number of methoxy groups -OCH3 is 1. The van der Waals surface area contributed by atoms with Crippen LogP contribution in [-0.2, 0) is 11.2 Å². The van der Waals surface area contributed by atoms with Crippen LogP contribution in [0.1, 0.15) is 29.9 Å². The number of hydrogen-bond acceptors (Lipinski definition) is 3. The summed E-state index contributed by atoms with van der Waals surface area (Å²) < 4.78 is 5.22. The van der Waals surface area contributed by atoms with E-state index in [9.17, 15) is 4.79 Å². The van der Waals surface area contributed by atoms with Crippen molar-refractivity contribution in [1.82, 2.24) is 0 Å². The molecule has 98 valence electrons. The second-order valence-corrected chi connectivity index (χ2v) is 5.75. The third kappa shape index (κ3) is 3.19. The summed E-state index contributed by atoms with van der Waals surface area (Å²) in [6.45, 7) is 0. The molecule has 18 heavy (non-hydrogen) atoms. The first-order valence-electron chi connectivity index (χ1n) is 6.17. The third-order valence-electron chi connectivity index (χ3n) is 3.34. The van der Waals surface area contributed by atoms with Gasteiger partial charge in [0.15, 0.2) is 0 Å². The molecular weight excluding hydrogens is 248 g/mol. The van der Waals surface area contributed by atoms with Gasteiger partial charge < -0.3 is 9.84 Å². The van der Waals surface area contributed by atoms with E-state index < -0.39 is 5.97 Å². The fourth-order valence-corrected chi connectivity index (χ4v) is 3.49. The molecule has 2 rings (SSSR count). The van der Waals surface area contributed by atoms with Crippen LogP contribution >= 0.6 is 11.8 Å². The number of thioether (sulfide) groups is 1. The van der Waals surface area contributed by atoms with Crippen LogP contribution in [0.4, 0.5) is 0 Å². The lowest BCUT2D eigenvalue weighted by Crippen LogP contribution is -2.09. The van der Waals surface area contributed by atoms with Gasteiger partial charge in [-0.05, 0) is 41.9 Å². The Hall–Kier alpha value is -1.16. The standard InChI is InChI=1S/C14H18O3S/c1-17-13-3-2-11(8-12(13)9-14(15)16)10-4-6-18-7-5-10/h2-3,8,10H,4-7,9H2,1H3,(H,15,16). The van der Waals surface area contributed by atoms with Crippen molar-refractivity contribution in [3.8, 4) is 5.75 Å². The number of aliphatic carboxylic acids is 1. The number of hydrogen-bond donors (Lipinski definition) is 1. The largest absolute Gasteiger partial charge is 0.496 e. The van der Waals surface area contributed by atoms with Gasteiger partial charge >= 0.3 is 5.97 Å². The SMILES string of the molecule is COc1ccc(C2CCSCC2)cc1CC(=O)O. The number of carbonyl (C=O) groups is 1. The molecule has 0 amide bonds. The van der Waals surface area contributed by atoms with Crippen LogP contribution in [0.25, 0.3) is 0 Å². The molecule has 0 aliphatic carbocycles. The average molecular weight is 266 g/mol. The Bertz CT molecular complexity index is 425. The number of carboxylic acids is 1. The van der Waals surface area contributed by atoms with Gasteiger partial charge in [-0.2, -0.15) is 11.8 Å². The van der Waals surface area contributed by atoms with Crippen molar-refractivity contribution in [3.63, 3.8) is 0 Å². The Labute approximate surface area is 112 Å². The molecular formula is C14H18O3S. The molecule has 3 nitrogen and oxygen atoms in total. The number of benzene rings is 1. The zero-order chi connectivity index (χ0) is 13.0. The normalized spacial score (nSPS) is 16.5. The first-order chi connectivity index (χ1) is 8.70. The molecule has 4 heteroatoms. The predicted octanol–water partition coefficient (Wildman–Crippen LogP) is 2.93. The summed E-state index contributed by atoms with van der Waals surface area (Å²) in [7, 11) is 1.58. The highest BCUT2D eigenvalue weighted by Crippen LogP contribution is 2.33. The van der Waals surface area contributed by atoms with Crippen LogP contribution in [0.15, 0.2) is 18.2 Å². The van der Waals surface area contributed by atoms with Crippen LogP contribution in [0.3, 0.4) is 0 Å². The maximum atomic E-state index is 10.9. The van der Waals surface area contributed by atoms with Gasteiger partial charge in [-0.1, -0.05) is 12.1 Å². The van der Waals surface area contributed by atoms with E-state index in [1.807, 2.05) is 23.9 Å². The van der Waals surface area contributed by atoms with Gasteiger partial charge in [-0.15, -0.1) is 0 Å². The van der Waals surface area contributed by atoms with Crippen LogP contribution in [0, 0.1) is 0 Å². The van der Waals surface area contributed by atoms with Gasteiger partial charge in [-0.25, -0.2) is 0 Å². The molecule has 1 aromatic carbocycles. The van der Waals surface area contributed by atoms with Crippen molar-refractivity contribution in [2.24, 2.45) is 0 Å². The molecule has 0 atom stereocenters. The molecule has 0 saturated carbocycles. The summed E-state index contributed by atoms with van der Waals surface area (Å²) in [5, 5.41) is 8.93. The first kappa shape index (κ1) is 13.3. The van der Waals surface area contributed by atoms with Crippen LogP contribution in [-0.4, -0.2) is 29.7 Å². The van der Waals surface area contributed by atoms with E-state index in [2.05, 4.69) is 6.07 Å². The lowest BCUT2D eigenvalue weighted by molar-refractivity contribution is -0.136. The smallest absolute Gasteiger partial charge is 0.307 e. The average Bonchev–Trinajstić information content (AvgIpc) is 2.39. The van der Waals surface area contributed by atoms with E-state index in [1.54, 1.807) is 7.11 Å². The summed E-state index contributed by atoms with van der Waals surface area (Å²) in [6.07, 6.45) is 2.39. The van der Waals surface area contributed by atoms with E-state index in [0.717, 1.165) is 5.56 Å². The lowest BCUT2D eigenvalue weighted by Gasteiger charge is -2.22. The van der Waals surface area contributed by atoms with Crippen molar-refractivity contribution in [1.29, 1.82) is 0 Å². The molecule has 0 unspecified atom stereocenters. The lowest BCUT2D eigenvalue weighted by atomic mass is 9.91. The monoisotopic (exact) mass is 266 g/mol. The molecule has 1 heterocycles.